The van der Waals surface area contributed by atoms with Gasteiger partial charge in [0.15, 0.2) is 0 Å². The minimum absolute atomic E-state index is 0.512. The van der Waals surface area contributed by atoms with E-state index >= 15 is 0 Å². The summed E-state index contributed by atoms with van der Waals surface area (Å²) in [6.07, 6.45) is 5.81. The first kappa shape index (κ1) is 15.5. The maximum Gasteiger partial charge on any atom is 0.293 e. The Balaban J connectivity index is 1.61. The van der Waals surface area contributed by atoms with E-state index in [1.54, 1.807) is 7.41 Å². The normalized spacial score (nSPS) is 14.9. The number of hydrogen-bond donors (Lipinski definition) is 0. The average Bonchev–Trinajstić information content (AvgIpc) is 2.62. The molecule has 0 bridgehead atoms. The topological polar surface area (TPSA) is 42.4 Å². The summed E-state index contributed by atoms with van der Waals surface area (Å²) in [6, 6.07) is 13.9. The molecule has 1 aromatic carbocycles. The van der Waals surface area contributed by atoms with Crippen molar-refractivity contribution < 1.29 is 9.53 Å². The molecule has 115 valence electrons. The Bertz CT molecular complexity index is 671. The van der Waals surface area contributed by atoms with Crippen LogP contribution in [0.4, 0.5) is 0 Å². The van der Waals surface area contributed by atoms with Gasteiger partial charge in [0.05, 0.1) is 6.19 Å². The fraction of sp³-hybridized carbons (Fsp3) is 0.222. The van der Waals surface area contributed by atoms with Gasteiger partial charge >= 0.3 is 0 Å². The zero-order valence-corrected chi connectivity index (χ0v) is 12.9. The molecule has 4 nitrogen and oxygen atoms in total. The highest BCUT2D eigenvalue weighted by atomic mass is 16.5. The van der Waals surface area contributed by atoms with Crippen LogP contribution in [0.2, 0.25) is 0 Å². The van der Waals surface area contributed by atoms with Gasteiger partial charge in [0.1, 0.15) is 6.61 Å². The van der Waals surface area contributed by atoms with Crippen molar-refractivity contribution in [2.45, 2.75) is 13.0 Å². The first-order chi connectivity index (χ1) is 11.3. The number of pyridine rings is 1. The number of carbonyl (C=O) groups is 1. The Morgan fingerprint density at radius 3 is 2.83 bits per heavy atom. The molecule has 1 aromatic heterocycles. The maximum atomic E-state index is 10.6. The number of aromatic nitrogens is 1. The summed E-state index contributed by atoms with van der Waals surface area (Å²) in [4.78, 5) is 17.0. The lowest BCUT2D eigenvalue weighted by Crippen LogP contribution is -2.33. The molecule has 0 saturated carbocycles. The predicted molar refractivity (Wildman–Crippen MR) is 91.7 cm³/mol. The highest BCUT2D eigenvalue weighted by Gasteiger charge is 2.14. The van der Waals surface area contributed by atoms with Crippen LogP contribution in [0, 0.1) is 0 Å². The first-order valence-electron chi connectivity index (χ1n) is 7.70. The van der Waals surface area contributed by atoms with Gasteiger partial charge in [0, 0.05) is 18.8 Å². The molecule has 0 amide bonds. The van der Waals surface area contributed by atoms with Crippen molar-refractivity contribution in [3.8, 4) is 5.88 Å². The zero-order valence-electron chi connectivity index (χ0n) is 12.9. The van der Waals surface area contributed by atoms with E-state index in [-0.39, 0.29) is 0 Å². The minimum atomic E-state index is 0.512. The van der Waals surface area contributed by atoms with Gasteiger partial charge in [-0.3, -0.25) is 0 Å². The zero-order chi connectivity index (χ0) is 15.9. The van der Waals surface area contributed by atoms with E-state index in [2.05, 4.69) is 11.1 Å². The molecule has 0 aliphatic carbocycles. The van der Waals surface area contributed by atoms with Crippen LogP contribution in [-0.4, -0.2) is 36.5 Å². The van der Waals surface area contributed by atoms with E-state index < -0.39 is 0 Å². The second-order valence-electron chi connectivity index (χ2n) is 5.43. The molecule has 2 heterocycles. The Kier molecular flexibility index (Phi) is 5.22. The molecule has 0 spiro atoms. The number of rotatable bonds is 6. The number of carbonyl (C=O) groups excluding carboxylic acids is 1. The molecule has 0 unspecified atom stereocenters. The van der Waals surface area contributed by atoms with Crippen LogP contribution in [-0.2, 0) is 11.4 Å². The molecule has 0 N–H and O–H groups in total. The quantitative estimate of drug-likeness (QED) is 0.607. The Morgan fingerprint density at radius 2 is 2.09 bits per heavy atom. The first-order valence-corrected chi connectivity index (χ1v) is 7.70. The van der Waals surface area contributed by atoms with E-state index in [1.807, 2.05) is 53.5 Å². The van der Waals surface area contributed by atoms with Crippen LogP contribution in [0.1, 0.15) is 17.5 Å². The van der Waals surface area contributed by atoms with Crippen molar-refractivity contribution in [3.63, 3.8) is 0 Å². The van der Waals surface area contributed by atoms with Crippen molar-refractivity contribution in [1.82, 2.24) is 9.79 Å². The predicted octanol–water partition coefficient (Wildman–Crippen LogP) is 2.56. The van der Waals surface area contributed by atoms with E-state index in [0.717, 1.165) is 36.8 Å². The molecule has 3 rings (SSSR count). The highest BCUT2D eigenvalue weighted by Crippen LogP contribution is 2.21. The molecule has 1 radical (unpaired) electrons. The molecule has 1 aliphatic heterocycles. The van der Waals surface area contributed by atoms with Gasteiger partial charge in [0.25, 0.3) is 7.41 Å². The molecule has 23 heavy (non-hydrogen) atoms. The lowest BCUT2D eigenvalue weighted by atomic mass is 9.90. The van der Waals surface area contributed by atoms with Crippen LogP contribution < -0.4 is 4.74 Å². The standard InChI is InChI=1S/C18H18BN2O2/c22-14-19-21-10-4-7-17(12-21)16-8-9-18(20-11-16)23-13-15-5-2-1-3-6-15/h1-3,5-9,11,14H,4,10,12-13H2. The summed E-state index contributed by atoms with van der Waals surface area (Å²) in [7, 11) is 1.60. The van der Waals surface area contributed by atoms with Gasteiger partial charge in [-0.25, -0.2) is 4.98 Å². The van der Waals surface area contributed by atoms with Gasteiger partial charge in [-0.15, -0.1) is 0 Å². The molecular weight excluding hydrogens is 287 g/mol. The highest BCUT2D eigenvalue weighted by molar-refractivity contribution is 6.64. The molecule has 1 aliphatic rings. The molecule has 0 atom stereocenters. The van der Waals surface area contributed by atoms with Crippen molar-refractivity contribution in [3.05, 3.63) is 65.9 Å². The summed E-state index contributed by atoms with van der Waals surface area (Å²) < 4.78 is 5.70. The molecule has 5 heteroatoms. The van der Waals surface area contributed by atoms with Crippen molar-refractivity contribution in [1.29, 1.82) is 0 Å². The van der Waals surface area contributed by atoms with Crippen molar-refractivity contribution in [2.24, 2.45) is 0 Å². The smallest absolute Gasteiger partial charge is 0.293 e. The summed E-state index contributed by atoms with van der Waals surface area (Å²) in [6.45, 7) is 2.14. The Morgan fingerprint density at radius 1 is 1.22 bits per heavy atom. The van der Waals surface area contributed by atoms with Crippen molar-refractivity contribution >= 4 is 19.2 Å². The van der Waals surface area contributed by atoms with E-state index in [4.69, 9.17) is 4.74 Å². The largest absolute Gasteiger partial charge is 0.473 e. The van der Waals surface area contributed by atoms with Crippen LogP contribution in [0.25, 0.3) is 5.57 Å². The number of nitrogens with zero attached hydrogens (tertiary/aromatic N) is 2. The molecule has 0 fully saturated rings. The third kappa shape index (κ3) is 4.30. The summed E-state index contributed by atoms with van der Waals surface area (Å²) in [5, 5.41) is 0. The SMILES string of the molecule is O=C[B]N1CCC=C(c2ccc(OCc3ccccc3)nc2)C1. The summed E-state index contributed by atoms with van der Waals surface area (Å²) >= 11 is 0. The number of ether oxygens (including phenoxy) is 1. The lowest BCUT2D eigenvalue weighted by Gasteiger charge is -2.25. The molecule has 0 saturated heterocycles. The van der Waals surface area contributed by atoms with Crippen LogP contribution in [0.15, 0.2) is 54.7 Å². The van der Waals surface area contributed by atoms with Crippen LogP contribution >= 0.6 is 0 Å². The van der Waals surface area contributed by atoms with Crippen LogP contribution in [0.5, 0.6) is 5.88 Å². The lowest BCUT2D eigenvalue weighted by molar-refractivity contribution is 0.294. The van der Waals surface area contributed by atoms with E-state index in [9.17, 15) is 4.79 Å². The fourth-order valence-electron chi connectivity index (χ4n) is 2.58. The third-order valence-corrected chi connectivity index (χ3v) is 3.79. The van der Waals surface area contributed by atoms with Gasteiger partial charge < -0.3 is 14.3 Å². The average molecular weight is 305 g/mol. The van der Waals surface area contributed by atoms with Gasteiger partial charge in [0.2, 0.25) is 5.88 Å². The Hall–Kier alpha value is -2.40. The monoisotopic (exact) mass is 305 g/mol. The molecule has 2 aromatic rings. The number of benzene rings is 1. The summed E-state index contributed by atoms with van der Waals surface area (Å²) in [5.41, 5.74) is 3.38. The fourth-order valence-corrected chi connectivity index (χ4v) is 2.58. The second kappa shape index (κ2) is 7.74. The maximum absolute atomic E-state index is 10.6. The molecular formula is C18H18BN2O2. The number of hydrogen-bond acceptors (Lipinski definition) is 4. The summed E-state index contributed by atoms with van der Waals surface area (Å²) in [5.74, 6) is 0.616. The Labute approximate surface area is 137 Å². The third-order valence-electron chi connectivity index (χ3n) is 3.79. The van der Waals surface area contributed by atoms with Crippen LogP contribution in [0.3, 0.4) is 0 Å². The second-order valence-corrected chi connectivity index (χ2v) is 5.43. The minimum Gasteiger partial charge on any atom is -0.473 e. The van der Waals surface area contributed by atoms with E-state index in [0.29, 0.717) is 12.5 Å². The van der Waals surface area contributed by atoms with Gasteiger partial charge in [-0.05, 0) is 35.7 Å². The van der Waals surface area contributed by atoms with Crippen molar-refractivity contribution in [2.75, 3.05) is 13.1 Å². The van der Waals surface area contributed by atoms with E-state index in [1.165, 1.54) is 5.57 Å². The van der Waals surface area contributed by atoms with Gasteiger partial charge in [-0.1, -0.05) is 36.4 Å². The van der Waals surface area contributed by atoms with Gasteiger partial charge in [-0.2, -0.15) is 0 Å².